The number of sulfonamides is 1. The van der Waals surface area contributed by atoms with Gasteiger partial charge in [-0.25, -0.2) is 8.42 Å². The Balaban J connectivity index is 2.65. The molecule has 1 heterocycles. The highest BCUT2D eigenvalue weighted by atomic mass is 32.2. The molecule has 0 aromatic carbocycles. The molecule has 0 atom stereocenters. The van der Waals surface area contributed by atoms with Crippen molar-refractivity contribution in [3.63, 3.8) is 0 Å². The number of hydrogen-bond acceptors (Lipinski definition) is 5. The van der Waals surface area contributed by atoms with Crippen molar-refractivity contribution >= 4 is 10.0 Å². The summed E-state index contributed by atoms with van der Waals surface area (Å²) in [7, 11) is 1.98. The van der Waals surface area contributed by atoms with Crippen molar-refractivity contribution in [1.82, 2.24) is 24.3 Å². The van der Waals surface area contributed by atoms with Crippen LogP contribution in [0.1, 0.15) is 13.8 Å². The molecule has 122 valence electrons. The molecule has 0 fully saturated rings. The fourth-order valence-electron chi connectivity index (χ4n) is 1.71. The van der Waals surface area contributed by atoms with E-state index in [2.05, 4.69) is 24.3 Å². The number of hydrogen-bond donors (Lipinski definition) is 1. The van der Waals surface area contributed by atoms with Gasteiger partial charge in [0.05, 0.1) is 12.7 Å². The molecular formula is C13H27N5O2S. The van der Waals surface area contributed by atoms with Crippen LogP contribution in [0.4, 0.5) is 0 Å². The summed E-state index contributed by atoms with van der Waals surface area (Å²) in [6.45, 7) is 6.68. The highest BCUT2D eigenvalue weighted by Gasteiger charge is 2.22. The van der Waals surface area contributed by atoms with Crippen molar-refractivity contribution in [3.05, 3.63) is 12.4 Å². The van der Waals surface area contributed by atoms with Gasteiger partial charge in [-0.3, -0.25) is 4.68 Å². The van der Waals surface area contributed by atoms with Gasteiger partial charge in [0.2, 0.25) is 10.0 Å². The van der Waals surface area contributed by atoms with Crippen LogP contribution in [0.5, 0.6) is 0 Å². The third kappa shape index (κ3) is 5.74. The van der Waals surface area contributed by atoms with E-state index in [1.807, 2.05) is 19.0 Å². The lowest BCUT2D eigenvalue weighted by Crippen LogP contribution is -2.33. The van der Waals surface area contributed by atoms with Crippen LogP contribution < -0.4 is 5.32 Å². The van der Waals surface area contributed by atoms with Gasteiger partial charge in [-0.15, -0.1) is 0 Å². The summed E-state index contributed by atoms with van der Waals surface area (Å²) in [4.78, 5) is 2.20. The van der Waals surface area contributed by atoms with Crippen LogP contribution in [-0.2, 0) is 16.6 Å². The van der Waals surface area contributed by atoms with Crippen molar-refractivity contribution in [3.8, 4) is 0 Å². The summed E-state index contributed by atoms with van der Waals surface area (Å²) in [5.74, 6) is 0. The molecular weight excluding hydrogens is 290 g/mol. The Bertz CT molecular complexity index is 524. The van der Waals surface area contributed by atoms with E-state index in [-0.39, 0.29) is 4.90 Å². The Morgan fingerprint density at radius 2 is 1.95 bits per heavy atom. The molecule has 0 aliphatic carbocycles. The molecule has 0 aliphatic rings. The first kappa shape index (κ1) is 18.1. The molecule has 21 heavy (non-hydrogen) atoms. The molecule has 0 bridgehead atoms. The molecule has 1 rings (SSSR count). The molecule has 0 aliphatic heterocycles. The average molecular weight is 317 g/mol. The number of nitrogens with one attached hydrogen (secondary N) is 1. The van der Waals surface area contributed by atoms with E-state index < -0.39 is 10.0 Å². The fraction of sp³-hybridized carbons (Fsp3) is 0.769. The van der Waals surface area contributed by atoms with E-state index in [1.54, 1.807) is 17.9 Å². The number of likely N-dealkylation sites (N-methyl/N-ethyl adjacent to an activating group) is 2. The maximum absolute atomic E-state index is 12.4. The molecule has 8 heteroatoms. The Morgan fingerprint density at radius 3 is 2.52 bits per heavy atom. The third-order valence-electron chi connectivity index (χ3n) is 3.07. The van der Waals surface area contributed by atoms with Crippen molar-refractivity contribution in [2.24, 2.45) is 0 Å². The average Bonchev–Trinajstić information content (AvgIpc) is 2.84. The molecule has 0 spiro atoms. The largest absolute Gasteiger partial charge is 0.313 e. The summed E-state index contributed by atoms with van der Waals surface area (Å²) in [5, 5.41) is 7.39. The first-order chi connectivity index (χ1) is 9.73. The highest BCUT2D eigenvalue weighted by Crippen LogP contribution is 2.12. The van der Waals surface area contributed by atoms with Gasteiger partial charge in [-0.05, 0) is 14.1 Å². The monoisotopic (exact) mass is 317 g/mol. The Morgan fingerprint density at radius 1 is 1.29 bits per heavy atom. The number of aromatic nitrogens is 2. The van der Waals surface area contributed by atoms with Gasteiger partial charge in [-0.1, -0.05) is 13.8 Å². The van der Waals surface area contributed by atoms with Crippen LogP contribution in [0.2, 0.25) is 0 Å². The van der Waals surface area contributed by atoms with Crippen molar-refractivity contribution < 1.29 is 8.42 Å². The summed E-state index contributed by atoms with van der Waals surface area (Å²) >= 11 is 0. The van der Waals surface area contributed by atoms with Crippen LogP contribution >= 0.6 is 0 Å². The minimum atomic E-state index is -3.45. The van der Waals surface area contributed by atoms with Crippen molar-refractivity contribution in [1.29, 1.82) is 0 Å². The third-order valence-corrected chi connectivity index (χ3v) is 4.88. The fourth-order valence-corrected chi connectivity index (χ4v) is 2.83. The summed E-state index contributed by atoms with van der Waals surface area (Å²) in [6, 6.07) is 0.404. The molecule has 0 saturated heterocycles. The van der Waals surface area contributed by atoms with Crippen LogP contribution in [0.3, 0.4) is 0 Å². The lowest BCUT2D eigenvalue weighted by molar-refractivity contribution is 0.358. The minimum Gasteiger partial charge on any atom is -0.313 e. The maximum atomic E-state index is 12.4. The number of nitrogens with zero attached hydrogens (tertiary/aromatic N) is 4. The standard InChI is InChI=1S/C13H27N5O2S/c1-12(2)14-6-7-18-11-13(10-15-18)21(19,20)17(5)9-8-16(3)4/h10-12,14H,6-9H2,1-5H3. The number of rotatable bonds is 9. The lowest BCUT2D eigenvalue weighted by atomic mass is 10.4. The van der Waals surface area contributed by atoms with E-state index in [1.165, 1.54) is 10.5 Å². The topological polar surface area (TPSA) is 70.5 Å². The van der Waals surface area contributed by atoms with Gasteiger partial charge >= 0.3 is 0 Å². The van der Waals surface area contributed by atoms with Crippen LogP contribution in [-0.4, -0.2) is 74.2 Å². The van der Waals surface area contributed by atoms with Crippen molar-refractivity contribution in [2.45, 2.75) is 31.3 Å². The Labute approximate surface area is 128 Å². The predicted molar refractivity (Wildman–Crippen MR) is 83.7 cm³/mol. The zero-order valence-electron chi connectivity index (χ0n) is 13.6. The first-order valence-corrected chi connectivity index (χ1v) is 8.54. The maximum Gasteiger partial charge on any atom is 0.245 e. The molecule has 1 N–H and O–H groups in total. The van der Waals surface area contributed by atoms with Crippen molar-refractivity contribution in [2.75, 3.05) is 40.8 Å². The van der Waals surface area contributed by atoms with Gasteiger partial charge in [0.25, 0.3) is 0 Å². The second-order valence-corrected chi connectivity index (χ2v) is 7.72. The molecule has 1 aromatic rings. The van der Waals surface area contributed by atoms with Gasteiger partial charge in [0.15, 0.2) is 0 Å². The summed E-state index contributed by atoms with van der Waals surface area (Å²) in [5.41, 5.74) is 0. The van der Waals surface area contributed by atoms with E-state index in [0.717, 1.165) is 6.54 Å². The second kappa shape index (κ2) is 7.88. The van der Waals surface area contributed by atoms with E-state index >= 15 is 0 Å². The van der Waals surface area contributed by atoms with E-state index in [4.69, 9.17) is 0 Å². The molecule has 7 nitrogen and oxygen atoms in total. The van der Waals surface area contributed by atoms with Crippen LogP contribution in [0.15, 0.2) is 17.3 Å². The van der Waals surface area contributed by atoms with E-state index in [0.29, 0.717) is 25.7 Å². The van der Waals surface area contributed by atoms with Gasteiger partial charge < -0.3 is 10.2 Å². The van der Waals surface area contributed by atoms with Crippen LogP contribution in [0.25, 0.3) is 0 Å². The van der Waals surface area contributed by atoms with Gasteiger partial charge in [0.1, 0.15) is 4.90 Å². The summed E-state index contributed by atoms with van der Waals surface area (Å²) in [6.07, 6.45) is 3.00. The Hall–Kier alpha value is -0.960. The molecule has 0 radical (unpaired) electrons. The minimum absolute atomic E-state index is 0.244. The summed E-state index contributed by atoms with van der Waals surface area (Å²) < 4.78 is 27.8. The van der Waals surface area contributed by atoms with Gasteiger partial charge in [0, 0.05) is 38.9 Å². The van der Waals surface area contributed by atoms with Gasteiger partial charge in [-0.2, -0.15) is 9.40 Å². The van der Waals surface area contributed by atoms with E-state index in [9.17, 15) is 8.42 Å². The quantitative estimate of drug-likeness (QED) is 0.697. The smallest absolute Gasteiger partial charge is 0.245 e. The van der Waals surface area contributed by atoms with Crippen LogP contribution in [0, 0.1) is 0 Å². The zero-order chi connectivity index (χ0) is 16.0. The zero-order valence-corrected chi connectivity index (χ0v) is 14.4. The normalized spacial score (nSPS) is 12.8. The molecule has 1 aromatic heterocycles. The predicted octanol–water partition coefficient (Wildman–Crippen LogP) is 0.0632. The molecule has 0 unspecified atom stereocenters. The Kier molecular flexibility index (Phi) is 6.79. The first-order valence-electron chi connectivity index (χ1n) is 7.10. The molecule has 0 saturated carbocycles. The SMILES string of the molecule is CC(C)NCCn1cc(S(=O)(=O)N(C)CCN(C)C)cn1. The second-order valence-electron chi connectivity index (χ2n) is 5.68. The molecule has 0 amide bonds. The highest BCUT2D eigenvalue weighted by molar-refractivity contribution is 7.89. The lowest BCUT2D eigenvalue weighted by Gasteiger charge is -2.18.